The lowest BCUT2D eigenvalue weighted by Gasteiger charge is -2.22. The van der Waals surface area contributed by atoms with Gasteiger partial charge in [0.2, 0.25) is 0 Å². The lowest BCUT2D eigenvalue weighted by molar-refractivity contribution is -0.144. The zero-order chi connectivity index (χ0) is 19.4. The smallest absolute Gasteiger partial charge is 0.343 e. The number of fused-ring (bicyclic) bond motifs is 1. The first kappa shape index (κ1) is 18.6. The molecule has 0 fully saturated rings. The van der Waals surface area contributed by atoms with Crippen LogP contribution in [0.5, 0.6) is 11.5 Å². The van der Waals surface area contributed by atoms with Crippen molar-refractivity contribution < 1.29 is 23.8 Å². The fourth-order valence-corrected chi connectivity index (χ4v) is 3.01. The molecule has 0 amide bonds. The largest absolute Gasteiger partial charge is 0.493 e. The van der Waals surface area contributed by atoms with E-state index in [2.05, 4.69) is 4.99 Å². The van der Waals surface area contributed by atoms with Crippen molar-refractivity contribution in [1.82, 2.24) is 0 Å². The van der Waals surface area contributed by atoms with Crippen LogP contribution in [-0.2, 0) is 16.0 Å². The van der Waals surface area contributed by atoms with Gasteiger partial charge in [-0.05, 0) is 43.7 Å². The second-order valence-electron chi connectivity index (χ2n) is 6.10. The van der Waals surface area contributed by atoms with E-state index in [4.69, 9.17) is 14.2 Å². The van der Waals surface area contributed by atoms with Gasteiger partial charge in [-0.15, -0.1) is 0 Å². The Labute approximate surface area is 157 Å². The summed E-state index contributed by atoms with van der Waals surface area (Å²) in [6.07, 6.45) is 0.411. The van der Waals surface area contributed by atoms with Crippen molar-refractivity contribution in [2.45, 2.75) is 26.3 Å². The van der Waals surface area contributed by atoms with E-state index in [0.29, 0.717) is 35.8 Å². The summed E-state index contributed by atoms with van der Waals surface area (Å²) in [6, 6.07) is 11.7. The molecular formula is C21H21NO5. The van der Waals surface area contributed by atoms with Gasteiger partial charge in [0.15, 0.2) is 17.5 Å². The molecule has 140 valence electrons. The third-order valence-corrected chi connectivity index (χ3v) is 4.31. The summed E-state index contributed by atoms with van der Waals surface area (Å²) in [5.41, 5.74) is 2.86. The van der Waals surface area contributed by atoms with Crippen LogP contribution in [0.1, 0.15) is 35.3 Å². The summed E-state index contributed by atoms with van der Waals surface area (Å²) < 4.78 is 16.0. The molecule has 0 saturated carbocycles. The lowest BCUT2D eigenvalue weighted by atomic mass is 9.93. The van der Waals surface area contributed by atoms with Crippen LogP contribution in [-0.4, -0.2) is 37.4 Å². The predicted octanol–water partition coefficient (Wildman–Crippen LogP) is 3.21. The Balaban J connectivity index is 1.91. The van der Waals surface area contributed by atoms with Crippen LogP contribution in [0, 0.1) is 0 Å². The fourth-order valence-electron chi connectivity index (χ4n) is 3.01. The summed E-state index contributed by atoms with van der Waals surface area (Å²) in [5.74, 6) is -0.0747. The topological polar surface area (TPSA) is 74.2 Å². The molecular weight excluding hydrogens is 346 g/mol. The normalized spacial score (nSPS) is 15.4. The van der Waals surface area contributed by atoms with E-state index >= 15 is 0 Å². The minimum absolute atomic E-state index is 0.314. The van der Waals surface area contributed by atoms with Gasteiger partial charge in [-0.3, -0.25) is 4.99 Å². The lowest BCUT2D eigenvalue weighted by Crippen LogP contribution is -2.29. The Bertz CT molecular complexity index is 889. The summed E-state index contributed by atoms with van der Waals surface area (Å²) in [5, 5.41) is 0. The van der Waals surface area contributed by atoms with E-state index in [-0.39, 0.29) is 5.97 Å². The van der Waals surface area contributed by atoms with E-state index in [9.17, 15) is 9.59 Å². The fraction of sp³-hybridized carbons (Fsp3) is 0.286. The number of rotatable bonds is 5. The average molecular weight is 367 g/mol. The molecule has 1 aliphatic heterocycles. The second-order valence-corrected chi connectivity index (χ2v) is 6.10. The summed E-state index contributed by atoms with van der Waals surface area (Å²) in [7, 11) is 1.51. The highest BCUT2D eigenvalue weighted by Gasteiger charge is 2.27. The molecule has 3 rings (SSSR count). The molecule has 0 bridgehead atoms. The molecule has 0 radical (unpaired) electrons. The Kier molecular flexibility index (Phi) is 5.54. The van der Waals surface area contributed by atoms with Crippen LogP contribution in [0.4, 0.5) is 0 Å². The van der Waals surface area contributed by atoms with Gasteiger partial charge in [-0.2, -0.15) is 0 Å². The molecule has 0 saturated heterocycles. The van der Waals surface area contributed by atoms with Gasteiger partial charge in [-0.1, -0.05) is 18.2 Å². The van der Waals surface area contributed by atoms with Crippen molar-refractivity contribution in [3.8, 4) is 11.5 Å². The predicted molar refractivity (Wildman–Crippen MR) is 101 cm³/mol. The van der Waals surface area contributed by atoms with Gasteiger partial charge < -0.3 is 14.2 Å². The van der Waals surface area contributed by atoms with Gasteiger partial charge in [-0.25, -0.2) is 9.59 Å². The molecule has 0 N–H and O–H groups in total. The second kappa shape index (κ2) is 8.03. The number of benzene rings is 2. The van der Waals surface area contributed by atoms with Crippen LogP contribution >= 0.6 is 0 Å². The van der Waals surface area contributed by atoms with Gasteiger partial charge in [0.1, 0.15) is 0 Å². The van der Waals surface area contributed by atoms with E-state index in [1.54, 1.807) is 43.3 Å². The first-order valence-corrected chi connectivity index (χ1v) is 8.73. The van der Waals surface area contributed by atoms with Crippen molar-refractivity contribution >= 4 is 17.7 Å². The van der Waals surface area contributed by atoms with Crippen molar-refractivity contribution in [3.63, 3.8) is 0 Å². The van der Waals surface area contributed by atoms with E-state index < -0.39 is 12.0 Å². The SMILES string of the molecule is CCOC(=O)[C@H]1Cc2cc(OC)c(OC(=O)c3ccccc3)cc2C(C)=N1. The highest BCUT2D eigenvalue weighted by molar-refractivity contribution is 6.03. The summed E-state index contributed by atoms with van der Waals surface area (Å²) in [6.45, 7) is 3.90. The van der Waals surface area contributed by atoms with Crippen LogP contribution in [0.25, 0.3) is 0 Å². The highest BCUT2D eigenvalue weighted by atomic mass is 16.6. The number of hydrogen-bond acceptors (Lipinski definition) is 6. The number of methoxy groups -OCH3 is 1. The molecule has 0 aliphatic carbocycles. The third kappa shape index (κ3) is 4.00. The van der Waals surface area contributed by atoms with Gasteiger partial charge in [0.25, 0.3) is 0 Å². The van der Waals surface area contributed by atoms with Gasteiger partial charge >= 0.3 is 11.9 Å². The van der Waals surface area contributed by atoms with Crippen molar-refractivity contribution in [3.05, 3.63) is 59.2 Å². The molecule has 27 heavy (non-hydrogen) atoms. The molecule has 0 aromatic heterocycles. The average Bonchev–Trinajstić information content (AvgIpc) is 2.68. The Morgan fingerprint density at radius 2 is 1.89 bits per heavy atom. The Morgan fingerprint density at radius 3 is 2.56 bits per heavy atom. The van der Waals surface area contributed by atoms with Crippen LogP contribution in [0.3, 0.4) is 0 Å². The number of ether oxygens (including phenoxy) is 3. The molecule has 0 unspecified atom stereocenters. The number of carbonyl (C=O) groups excluding carboxylic acids is 2. The van der Waals surface area contributed by atoms with Crippen LogP contribution in [0.15, 0.2) is 47.5 Å². The molecule has 2 aromatic carbocycles. The standard InChI is InChI=1S/C21H21NO5/c1-4-26-21(24)17-10-15-11-18(25-3)19(12-16(15)13(2)22-17)27-20(23)14-8-6-5-7-9-14/h5-9,11-12,17H,4,10H2,1-3H3/t17-/m1/s1. The molecule has 6 heteroatoms. The first-order valence-electron chi connectivity index (χ1n) is 8.73. The van der Waals surface area contributed by atoms with E-state index in [0.717, 1.165) is 11.1 Å². The monoisotopic (exact) mass is 367 g/mol. The summed E-state index contributed by atoms with van der Waals surface area (Å²) >= 11 is 0. The van der Waals surface area contributed by atoms with E-state index in [1.807, 2.05) is 13.0 Å². The number of esters is 2. The van der Waals surface area contributed by atoms with Crippen LogP contribution in [0.2, 0.25) is 0 Å². The summed E-state index contributed by atoms with van der Waals surface area (Å²) in [4.78, 5) is 28.9. The molecule has 1 atom stereocenters. The number of hydrogen-bond donors (Lipinski definition) is 0. The first-order chi connectivity index (χ1) is 13.0. The minimum Gasteiger partial charge on any atom is -0.493 e. The maximum atomic E-state index is 12.4. The zero-order valence-electron chi connectivity index (χ0n) is 15.5. The number of aliphatic imine (C=N–C) groups is 1. The third-order valence-electron chi connectivity index (χ3n) is 4.31. The van der Waals surface area contributed by atoms with E-state index in [1.165, 1.54) is 7.11 Å². The zero-order valence-corrected chi connectivity index (χ0v) is 15.5. The Morgan fingerprint density at radius 1 is 1.15 bits per heavy atom. The molecule has 1 heterocycles. The number of carbonyl (C=O) groups is 2. The quantitative estimate of drug-likeness (QED) is 0.599. The molecule has 2 aromatic rings. The van der Waals surface area contributed by atoms with Crippen molar-refractivity contribution in [1.29, 1.82) is 0 Å². The molecule has 1 aliphatic rings. The maximum absolute atomic E-state index is 12.4. The molecule has 6 nitrogen and oxygen atoms in total. The van der Waals surface area contributed by atoms with Crippen LogP contribution < -0.4 is 9.47 Å². The minimum atomic E-state index is -0.570. The molecule has 0 spiro atoms. The van der Waals surface area contributed by atoms with Gasteiger partial charge in [0, 0.05) is 17.7 Å². The van der Waals surface area contributed by atoms with Crippen molar-refractivity contribution in [2.24, 2.45) is 4.99 Å². The highest BCUT2D eigenvalue weighted by Crippen LogP contribution is 2.34. The Hall–Kier alpha value is -3.15. The maximum Gasteiger partial charge on any atom is 0.343 e. The van der Waals surface area contributed by atoms with Gasteiger partial charge in [0.05, 0.1) is 19.3 Å². The van der Waals surface area contributed by atoms with Crippen molar-refractivity contribution in [2.75, 3.05) is 13.7 Å². The number of nitrogens with zero attached hydrogens (tertiary/aromatic N) is 1.